The summed E-state index contributed by atoms with van der Waals surface area (Å²) in [5.74, 6) is 0.715. The van der Waals surface area contributed by atoms with Gasteiger partial charge in [-0.2, -0.15) is 9.97 Å². The molecule has 0 fully saturated rings. The molecule has 9 heteroatoms. The van der Waals surface area contributed by atoms with Gasteiger partial charge in [0.2, 0.25) is 5.95 Å². The molecule has 0 aliphatic rings. The third-order valence-electron chi connectivity index (χ3n) is 3.36. The summed E-state index contributed by atoms with van der Waals surface area (Å²) in [6, 6.07) is 8.47. The van der Waals surface area contributed by atoms with Gasteiger partial charge in [0.25, 0.3) is 0 Å². The van der Waals surface area contributed by atoms with Crippen LogP contribution in [-0.4, -0.2) is 19.5 Å². The van der Waals surface area contributed by atoms with E-state index in [4.69, 9.17) is 23.2 Å². The summed E-state index contributed by atoms with van der Waals surface area (Å²) in [5.41, 5.74) is 6.59. The first kappa shape index (κ1) is 17.2. The third kappa shape index (κ3) is 3.89. The van der Waals surface area contributed by atoms with Crippen molar-refractivity contribution in [2.24, 2.45) is 0 Å². The Balaban J connectivity index is 1.93. The normalized spacial score (nSPS) is 10.5. The van der Waals surface area contributed by atoms with Crippen LogP contribution in [0.5, 0.6) is 0 Å². The molecule has 2 heterocycles. The Morgan fingerprint density at radius 2 is 1.80 bits per heavy atom. The van der Waals surface area contributed by atoms with E-state index in [9.17, 15) is 4.79 Å². The summed E-state index contributed by atoms with van der Waals surface area (Å²) >= 11 is 12.0. The summed E-state index contributed by atoms with van der Waals surface area (Å²) in [5, 5.41) is 0.770. The average molecular weight is 377 g/mol. The van der Waals surface area contributed by atoms with Crippen molar-refractivity contribution in [1.82, 2.24) is 19.5 Å². The van der Waals surface area contributed by atoms with Crippen molar-refractivity contribution in [3.8, 4) is 5.69 Å². The fraction of sp³-hybridized carbons (Fsp3) is 0.125. The van der Waals surface area contributed by atoms with Gasteiger partial charge in [0.1, 0.15) is 5.82 Å². The number of nitrogens with zero attached hydrogens (tertiary/aromatic N) is 4. The van der Waals surface area contributed by atoms with Crippen LogP contribution in [0, 0.1) is 0 Å². The zero-order chi connectivity index (χ0) is 17.8. The number of aryl methyl sites for hydroxylation is 1. The van der Waals surface area contributed by atoms with Crippen LogP contribution in [0.15, 0.2) is 47.5 Å². The number of hydrogen-bond donors (Lipinski definition) is 2. The molecule has 0 unspecified atom stereocenters. The van der Waals surface area contributed by atoms with E-state index in [0.717, 1.165) is 5.69 Å². The summed E-state index contributed by atoms with van der Waals surface area (Å²) in [7, 11) is 0. The molecule has 0 aliphatic carbocycles. The van der Waals surface area contributed by atoms with E-state index in [1.165, 1.54) is 4.57 Å². The molecule has 128 valence electrons. The van der Waals surface area contributed by atoms with E-state index in [1.54, 1.807) is 42.7 Å². The van der Waals surface area contributed by atoms with Gasteiger partial charge < -0.3 is 0 Å². The molecular weight excluding hydrogens is 363 g/mol. The Hall–Kier alpha value is -2.64. The van der Waals surface area contributed by atoms with Crippen LogP contribution < -0.4 is 16.5 Å². The van der Waals surface area contributed by atoms with Gasteiger partial charge in [-0.3, -0.25) is 15.8 Å². The lowest BCUT2D eigenvalue weighted by atomic mass is 10.3. The Morgan fingerprint density at radius 3 is 2.48 bits per heavy atom. The zero-order valence-corrected chi connectivity index (χ0v) is 14.7. The van der Waals surface area contributed by atoms with Crippen molar-refractivity contribution in [3.05, 3.63) is 69.1 Å². The molecule has 0 saturated heterocycles. The number of nitrogens with one attached hydrogen (secondary N) is 2. The smallest absolute Gasteiger partial charge is 0.298 e. The molecule has 7 nitrogen and oxygen atoms in total. The quantitative estimate of drug-likeness (QED) is 0.664. The molecule has 0 amide bonds. The minimum atomic E-state index is -0.468. The molecule has 2 N–H and O–H groups in total. The Bertz CT molecular complexity index is 945. The number of benzene rings is 1. The number of hydrogen-bond acceptors (Lipinski definition) is 6. The van der Waals surface area contributed by atoms with Gasteiger partial charge in [-0.1, -0.05) is 30.1 Å². The first-order valence-electron chi connectivity index (χ1n) is 7.46. The highest BCUT2D eigenvalue weighted by molar-refractivity contribution is 6.42. The highest BCUT2D eigenvalue weighted by Gasteiger charge is 2.12. The lowest BCUT2D eigenvalue weighted by molar-refractivity contribution is 0.772. The molecule has 0 bridgehead atoms. The number of pyridine rings is 1. The summed E-state index contributed by atoms with van der Waals surface area (Å²) in [6.45, 7) is 1.90. The van der Waals surface area contributed by atoms with Gasteiger partial charge >= 0.3 is 5.69 Å². The van der Waals surface area contributed by atoms with Gasteiger partial charge in [-0.15, -0.1) is 0 Å². The topological polar surface area (TPSA) is 84.7 Å². The molecule has 0 saturated carbocycles. The highest BCUT2D eigenvalue weighted by Crippen LogP contribution is 2.24. The predicted octanol–water partition coefficient (Wildman–Crippen LogP) is 3.33. The van der Waals surface area contributed by atoms with Crippen molar-refractivity contribution >= 4 is 34.8 Å². The summed E-state index contributed by atoms with van der Waals surface area (Å²) < 4.78 is 1.40. The van der Waals surface area contributed by atoms with Crippen LogP contribution in [0.4, 0.5) is 11.6 Å². The SMILES string of the molecule is CCc1nc(NNc2ccncc2)nc(=O)n1-c1ccc(Cl)c(Cl)c1. The van der Waals surface area contributed by atoms with E-state index in [1.807, 2.05) is 6.92 Å². The summed E-state index contributed by atoms with van der Waals surface area (Å²) in [4.78, 5) is 24.8. The predicted molar refractivity (Wildman–Crippen MR) is 98.5 cm³/mol. The molecule has 0 radical (unpaired) electrons. The van der Waals surface area contributed by atoms with E-state index >= 15 is 0 Å². The maximum atomic E-state index is 12.5. The Kier molecular flexibility index (Phi) is 5.16. The fourth-order valence-corrected chi connectivity index (χ4v) is 2.48. The molecule has 2 aromatic heterocycles. The van der Waals surface area contributed by atoms with Gasteiger partial charge in [-0.05, 0) is 30.3 Å². The van der Waals surface area contributed by atoms with Gasteiger partial charge in [-0.25, -0.2) is 9.36 Å². The van der Waals surface area contributed by atoms with Gasteiger partial charge in [0.15, 0.2) is 0 Å². The zero-order valence-electron chi connectivity index (χ0n) is 13.2. The monoisotopic (exact) mass is 376 g/mol. The number of halogens is 2. The van der Waals surface area contributed by atoms with Crippen molar-refractivity contribution in [3.63, 3.8) is 0 Å². The largest absolute Gasteiger partial charge is 0.356 e. The molecule has 3 rings (SSSR count). The van der Waals surface area contributed by atoms with Crippen LogP contribution in [0.2, 0.25) is 10.0 Å². The Morgan fingerprint density at radius 1 is 1.04 bits per heavy atom. The molecule has 0 aliphatic heterocycles. The third-order valence-corrected chi connectivity index (χ3v) is 4.10. The second kappa shape index (κ2) is 7.50. The molecule has 0 atom stereocenters. The van der Waals surface area contributed by atoms with E-state index < -0.39 is 5.69 Å². The van der Waals surface area contributed by atoms with Crippen LogP contribution >= 0.6 is 23.2 Å². The van der Waals surface area contributed by atoms with Crippen LogP contribution in [-0.2, 0) is 6.42 Å². The van der Waals surface area contributed by atoms with Crippen molar-refractivity contribution in [2.75, 3.05) is 10.9 Å². The molecular formula is C16H14Cl2N6O. The number of anilines is 2. The van der Waals surface area contributed by atoms with Gasteiger partial charge in [0.05, 0.1) is 21.4 Å². The maximum absolute atomic E-state index is 12.5. The Labute approximate surface area is 153 Å². The first-order valence-corrected chi connectivity index (χ1v) is 8.21. The van der Waals surface area contributed by atoms with Crippen molar-refractivity contribution < 1.29 is 0 Å². The van der Waals surface area contributed by atoms with Crippen LogP contribution in [0.25, 0.3) is 5.69 Å². The van der Waals surface area contributed by atoms with Crippen molar-refractivity contribution in [1.29, 1.82) is 0 Å². The highest BCUT2D eigenvalue weighted by atomic mass is 35.5. The van der Waals surface area contributed by atoms with E-state index in [2.05, 4.69) is 25.8 Å². The number of rotatable bonds is 5. The van der Waals surface area contributed by atoms with Crippen molar-refractivity contribution in [2.45, 2.75) is 13.3 Å². The van der Waals surface area contributed by atoms with E-state index in [-0.39, 0.29) is 5.95 Å². The molecule has 1 aromatic carbocycles. The van der Waals surface area contributed by atoms with Gasteiger partial charge in [0, 0.05) is 18.8 Å². The average Bonchev–Trinajstić information content (AvgIpc) is 2.63. The van der Waals surface area contributed by atoms with Crippen LogP contribution in [0.1, 0.15) is 12.7 Å². The first-order chi connectivity index (χ1) is 12.1. The van der Waals surface area contributed by atoms with E-state index in [0.29, 0.717) is 28.0 Å². The minimum Gasteiger partial charge on any atom is -0.298 e. The second-order valence-corrected chi connectivity index (χ2v) is 5.83. The second-order valence-electron chi connectivity index (χ2n) is 5.02. The molecule has 0 spiro atoms. The standard InChI is InChI=1S/C16H14Cl2N6O/c1-2-14-20-15(23-22-10-5-7-19-8-6-10)21-16(25)24(14)11-3-4-12(17)13(18)9-11/h3-9H,2H2,1H3,(H,19,22)(H,21,23,25). The number of aromatic nitrogens is 4. The number of hydrazine groups is 1. The molecule has 25 heavy (non-hydrogen) atoms. The molecule has 3 aromatic rings. The van der Waals surface area contributed by atoms with Crippen LogP contribution in [0.3, 0.4) is 0 Å². The lowest BCUT2D eigenvalue weighted by Gasteiger charge is -2.13. The fourth-order valence-electron chi connectivity index (χ4n) is 2.19. The maximum Gasteiger partial charge on any atom is 0.356 e. The summed E-state index contributed by atoms with van der Waals surface area (Å²) in [6.07, 6.45) is 3.82. The minimum absolute atomic E-state index is 0.176. The lowest BCUT2D eigenvalue weighted by Crippen LogP contribution is -2.28.